The smallest absolute Gasteiger partial charge is 0.244 e. The summed E-state index contributed by atoms with van der Waals surface area (Å²) < 4.78 is 1.69. The van der Waals surface area contributed by atoms with Crippen LogP contribution in [0.1, 0.15) is 31.9 Å². The minimum atomic E-state index is -0.393. The second kappa shape index (κ2) is 7.59. The van der Waals surface area contributed by atoms with Crippen molar-refractivity contribution >= 4 is 11.8 Å². The molecule has 1 atom stereocenters. The van der Waals surface area contributed by atoms with Crippen molar-refractivity contribution in [3.8, 4) is 0 Å². The van der Waals surface area contributed by atoms with E-state index in [0.29, 0.717) is 19.6 Å². The molecular weight excluding hydrogens is 294 g/mol. The first-order valence-corrected chi connectivity index (χ1v) is 8.17. The first kappa shape index (κ1) is 17.5. The molecule has 1 aliphatic heterocycles. The van der Waals surface area contributed by atoms with Crippen LogP contribution in [0.4, 0.5) is 0 Å². The molecule has 1 saturated heterocycles. The highest BCUT2D eigenvalue weighted by Gasteiger charge is 2.28. The summed E-state index contributed by atoms with van der Waals surface area (Å²) in [5.41, 5.74) is 0.861. The molecule has 0 bridgehead atoms. The summed E-state index contributed by atoms with van der Waals surface area (Å²) >= 11 is 0. The molecule has 128 valence electrons. The molecule has 1 aromatic heterocycles. The highest BCUT2D eigenvalue weighted by molar-refractivity contribution is 5.83. The van der Waals surface area contributed by atoms with Crippen molar-refractivity contribution < 1.29 is 9.59 Å². The summed E-state index contributed by atoms with van der Waals surface area (Å²) in [6.45, 7) is 6.41. The van der Waals surface area contributed by atoms with Crippen molar-refractivity contribution in [2.45, 2.75) is 26.3 Å². The van der Waals surface area contributed by atoms with Crippen LogP contribution in [-0.2, 0) is 16.6 Å². The van der Waals surface area contributed by atoms with Gasteiger partial charge in [0, 0.05) is 50.9 Å². The first-order valence-electron chi connectivity index (χ1n) is 8.17. The van der Waals surface area contributed by atoms with E-state index in [0.717, 1.165) is 18.5 Å². The number of hydrogen-bond acceptors (Lipinski definition) is 4. The maximum absolute atomic E-state index is 12.8. The summed E-state index contributed by atoms with van der Waals surface area (Å²) in [4.78, 5) is 28.7. The van der Waals surface area contributed by atoms with Gasteiger partial charge in [-0.15, -0.1) is 0 Å². The first-order chi connectivity index (χ1) is 10.9. The topological polar surface area (TPSA) is 70.5 Å². The summed E-state index contributed by atoms with van der Waals surface area (Å²) in [5, 5.41) is 7.22. The van der Waals surface area contributed by atoms with Crippen LogP contribution < -0.4 is 5.32 Å². The Morgan fingerprint density at radius 3 is 2.22 bits per heavy atom. The van der Waals surface area contributed by atoms with Gasteiger partial charge >= 0.3 is 0 Å². The van der Waals surface area contributed by atoms with E-state index in [1.54, 1.807) is 17.9 Å². The molecule has 7 nitrogen and oxygen atoms in total. The molecular formula is C16H27N5O2. The van der Waals surface area contributed by atoms with Crippen LogP contribution in [0.3, 0.4) is 0 Å². The van der Waals surface area contributed by atoms with Crippen LogP contribution in [0.2, 0.25) is 0 Å². The van der Waals surface area contributed by atoms with Crippen molar-refractivity contribution in [2.75, 3.05) is 33.2 Å². The van der Waals surface area contributed by atoms with Gasteiger partial charge in [0.1, 0.15) is 6.04 Å². The summed E-state index contributed by atoms with van der Waals surface area (Å²) in [5.74, 6) is 0.203. The van der Waals surface area contributed by atoms with Crippen LogP contribution in [0.25, 0.3) is 0 Å². The van der Waals surface area contributed by atoms with E-state index in [9.17, 15) is 9.59 Å². The largest absolute Gasteiger partial charge is 0.341 e. The van der Waals surface area contributed by atoms with Gasteiger partial charge in [-0.3, -0.25) is 14.3 Å². The maximum atomic E-state index is 12.8. The third kappa shape index (κ3) is 4.10. The number of carbonyl (C=O) groups is 2. The van der Waals surface area contributed by atoms with Gasteiger partial charge in [-0.05, 0) is 13.5 Å². The lowest BCUT2D eigenvalue weighted by atomic mass is 10.1. The number of hydrogen-bond donors (Lipinski definition) is 1. The fourth-order valence-corrected chi connectivity index (χ4v) is 2.93. The average Bonchev–Trinajstić information content (AvgIpc) is 2.80. The van der Waals surface area contributed by atoms with Crippen LogP contribution in [-0.4, -0.2) is 64.6 Å². The summed E-state index contributed by atoms with van der Waals surface area (Å²) in [6, 6.07) is -0.393. The zero-order valence-corrected chi connectivity index (χ0v) is 14.5. The predicted octanol–water partition coefficient (Wildman–Crippen LogP) is 0.398. The van der Waals surface area contributed by atoms with Gasteiger partial charge in [0.15, 0.2) is 0 Å². The number of carbonyl (C=O) groups excluding carboxylic acids is 2. The quantitative estimate of drug-likeness (QED) is 0.871. The Labute approximate surface area is 137 Å². The number of aromatic nitrogens is 2. The van der Waals surface area contributed by atoms with E-state index in [2.05, 4.69) is 10.4 Å². The molecule has 2 rings (SSSR count). The van der Waals surface area contributed by atoms with Gasteiger partial charge in [-0.2, -0.15) is 5.10 Å². The SMILES string of the molecule is CNC(C(=O)N1CCCN(C(=O)C(C)C)CC1)c1cnn(C)c1. The molecule has 1 N–H and O–H groups in total. The van der Waals surface area contributed by atoms with E-state index >= 15 is 0 Å². The van der Waals surface area contributed by atoms with Gasteiger partial charge < -0.3 is 15.1 Å². The van der Waals surface area contributed by atoms with Gasteiger partial charge in [-0.1, -0.05) is 13.8 Å². The highest BCUT2D eigenvalue weighted by Crippen LogP contribution is 2.17. The lowest BCUT2D eigenvalue weighted by molar-refractivity contribution is -0.136. The standard InChI is InChI=1S/C16H27N5O2/c1-12(2)15(22)20-6-5-7-21(9-8-20)16(23)14(17-3)13-10-18-19(4)11-13/h10-12,14,17H,5-9H2,1-4H3. The molecule has 0 saturated carbocycles. The number of rotatable bonds is 4. The van der Waals surface area contributed by atoms with E-state index in [1.807, 2.05) is 36.9 Å². The summed E-state index contributed by atoms with van der Waals surface area (Å²) in [6.07, 6.45) is 4.38. The lowest BCUT2D eigenvalue weighted by Gasteiger charge is -2.26. The molecule has 2 amide bonds. The highest BCUT2D eigenvalue weighted by atomic mass is 16.2. The predicted molar refractivity (Wildman–Crippen MR) is 87.6 cm³/mol. The number of likely N-dealkylation sites (N-methyl/N-ethyl adjacent to an activating group) is 1. The fraction of sp³-hybridized carbons (Fsp3) is 0.688. The minimum absolute atomic E-state index is 0.00213. The molecule has 23 heavy (non-hydrogen) atoms. The van der Waals surface area contributed by atoms with Gasteiger partial charge in [-0.25, -0.2) is 0 Å². The maximum Gasteiger partial charge on any atom is 0.244 e. The van der Waals surface area contributed by atoms with Crippen LogP contribution >= 0.6 is 0 Å². The molecule has 1 aromatic rings. The molecule has 0 aromatic carbocycles. The third-order valence-electron chi connectivity index (χ3n) is 4.21. The molecule has 7 heteroatoms. The van der Waals surface area contributed by atoms with Crippen LogP contribution in [0, 0.1) is 5.92 Å². The third-order valence-corrected chi connectivity index (χ3v) is 4.21. The Morgan fingerprint density at radius 2 is 1.74 bits per heavy atom. The summed E-state index contributed by atoms with van der Waals surface area (Å²) in [7, 11) is 3.62. The second-order valence-electron chi connectivity index (χ2n) is 6.33. The number of nitrogens with zero attached hydrogens (tertiary/aromatic N) is 4. The molecule has 2 heterocycles. The van der Waals surface area contributed by atoms with Crippen molar-refractivity contribution in [2.24, 2.45) is 13.0 Å². The molecule has 0 radical (unpaired) electrons. The van der Waals surface area contributed by atoms with Crippen LogP contribution in [0.5, 0.6) is 0 Å². The second-order valence-corrected chi connectivity index (χ2v) is 6.33. The van der Waals surface area contributed by atoms with Crippen molar-refractivity contribution in [1.29, 1.82) is 0 Å². The van der Waals surface area contributed by atoms with E-state index < -0.39 is 6.04 Å². The normalized spacial score (nSPS) is 17.3. The lowest BCUT2D eigenvalue weighted by Crippen LogP contribution is -2.42. The Morgan fingerprint density at radius 1 is 1.13 bits per heavy atom. The van der Waals surface area contributed by atoms with Crippen molar-refractivity contribution in [3.63, 3.8) is 0 Å². The van der Waals surface area contributed by atoms with Crippen molar-refractivity contribution in [1.82, 2.24) is 24.9 Å². The van der Waals surface area contributed by atoms with E-state index in [1.165, 1.54) is 0 Å². The Balaban J connectivity index is 2.03. The monoisotopic (exact) mass is 321 g/mol. The number of amides is 2. The van der Waals surface area contributed by atoms with Gasteiger partial charge in [0.2, 0.25) is 11.8 Å². The number of nitrogens with one attached hydrogen (secondary N) is 1. The van der Waals surface area contributed by atoms with Crippen LogP contribution in [0.15, 0.2) is 12.4 Å². The van der Waals surface area contributed by atoms with Crippen molar-refractivity contribution in [3.05, 3.63) is 18.0 Å². The fourth-order valence-electron chi connectivity index (χ4n) is 2.93. The zero-order valence-electron chi connectivity index (χ0n) is 14.5. The Kier molecular flexibility index (Phi) is 5.76. The number of aryl methyl sites for hydroxylation is 1. The zero-order chi connectivity index (χ0) is 17.0. The van der Waals surface area contributed by atoms with Gasteiger partial charge in [0.05, 0.1) is 6.20 Å². The Hall–Kier alpha value is -1.89. The molecule has 1 aliphatic rings. The minimum Gasteiger partial charge on any atom is -0.341 e. The molecule has 0 spiro atoms. The van der Waals surface area contributed by atoms with E-state index in [-0.39, 0.29) is 17.7 Å². The van der Waals surface area contributed by atoms with Gasteiger partial charge in [0.25, 0.3) is 0 Å². The average molecular weight is 321 g/mol. The molecule has 1 unspecified atom stereocenters. The Bertz CT molecular complexity index is 554. The molecule has 0 aliphatic carbocycles. The molecule has 1 fully saturated rings. The van der Waals surface area contributed by atoms with E-state index in [4.69, 9.17) is 0 Å².